The van der Waals surface area contributed by atoms with E-state index in [2.05, 4.69) is 305 Å². The normalized spacial score (nSPS) is 14.4. The molecule has 0 amide bonds. The van der Waals surface area contributed by atoms with Gasteiger partial charge in [0.1, 0.15) is 0 Å². The molecule has 6 heteroatoms. The molecule has 0 atom stereocenters. The summed E-state index contributed by atoms with van der Waals surface area (Å²) in [7, 11) is 0. The summed E-state index contributed by atoms with van der Waals surface area (Å²) in [4.78, 5) is 2.43. The number of para-hydroxylation sites is 4. The Balaban J connectivity index is 0.970. The molecule has 2 aliphatic heterocycles. The van der Waals surface area contributed by atoms with Crippen molar-refractivity contribution in [3.05, 3.63) is 302 Å². The van der Waals surface area contributed by atoms with Gasteiger partial charge in [0.25, 0.3) is 6.71 Å². The van der Waals surface area contributed by atoms with E-state index in [0.29, 0.717) is 5.69 Å². The molecular weight excluding hydrogens is 1230 g/mol. The van der Waals surface area contributed by atoms with Gasteiger partial charge >= 0.3 is 0 Å². The van der Waals surface area contributed by atoms with E-state index >= 15 is 0 Å². The molecule has 2 aliphatic rings. The summed E-state index contributed by atoms with van der Waals surface area (Å²) in [5.74, 6) is 0. The van der Waals surface area contributed by atoms with Gasteiger partial charge < -0.3 is 23.0 Å². The Kier molecular flexibility index (Phi) is 10.5. The molecule has 0 unspecified atom stereocenters. The van der Waals surface area contributed by atoms with Crippen molar-refractivity contribution >= 4 is 165 Å². The van der Waals surface area contributed by atoms with Gasteiger partial charge in [-0.2, -0.15) is 0 Å². The minimum absolute atomic E-state index is 0.0224. The van der Waals surface area contributed by atoms with Gasteiger partial charge in [-0.1, -0.05) is 250 Å². The van der Waals surface area contributed by atoms with Crippen molar-refractivity contribution in [1.29, 1.82) is 0 Å². The molecule has 14 aromatic carbocycles. The van der Waals surface area contributed by atoms with E-state index in [-0.39, 0.29) is 62.2 Å². The topological polar surface area (TPSA) is 22.4 Å². The third-order valence-electron chi connectivity index (χ3n) is 22.6. The van der Waals surface area contributed by atoms with Gasteiger partial charge in [0.15, 0.2) is 0 Å². The molecule has 0 bridgehead atoms. The molecule has 0 N–H and O–H groups in total. The molecule has 5 aromatic heterocycles. The van der Waals surface area contributed by atoms with Crippen LogP contribution in [0.15, 0.2) is 285 Å². The molecule has 102 heavy (non-hydrogen) atoms. The van der Waals surface area contributed by atoms with Crippen molar-refractivity contribution in [2.45, 2.75) is 78.6 Å². The standard InChI is InChI=1S/C96H74BN5/c1-94(2,3)59-40-47-83-74(50-59)75-51-60(95(4,5)6)41-48-84(75)98(83)63-45-49-85-76(54-63)77-52-61(96(7,8)9)53-79-92(77)102(85)88-56-87-89(73-34-23-33-72-68-29-16-14-27-66(68)65-26-13-15-28-67(65)69-30-17-22-37-82(69)101(87)91(72)73)93-90(88)97(79)78-46-44-64(99-80-35-20-18-31-70(80)71-32-19-21-36-81(71)99)55-86(78)100(93)62-42-38-58(39-43-62)57-24-11-10-12-25-57/h10-56H,1-9H3/i18D,19D,20D,21D,31D,32D,35D,36D. The molecule has 21 rings (SSSR count). The molecule has 0 radical (unpaired) electrons. The molecule has 0 saturated heterocycles. The number of hydrogen-bond donors (Lipinski definition) is 0. The molecule has 5 nitrogen and oxygen atoms in total. The quantitative estimate of drug-likeness (QED) is 0.161. The van der Waals surface area contributed by atoms with Gasteiger partial charge in [0.05, 0.1) is 60.8 Å². The highest BCUT2D eigenvalue weighted by Crippen LogP contribution is 2.51. The zero-order valence-corrected chi connectivity index (χ0v) is 58.3. The van der Waals surface area contributed by atoms with E-state index in [4.69, 9.17) is 2.74 Å². The average molecular weight is 1320 g/mol. The predicted molar refractivity (Wildman–Crippen MR) is 438 cm³/mol. The van der Waals surface area contributed by atoms with Crippen molar-refractivity contribution in [2.75, 3.05) is 4.90 Å². The molecule has 0 aliphatic carbocycles. The first-order valence-corrected chi connectivity index (χ1v) is 35.6. The number of benzene rings is 14. The number of nitrogens with zero attached hydrogens (tertiary/aromatic N) is 5. The van der Waals surface area contributed by atoms with Crippen LogP contribution in [0.25, 0.3) is 153 Å². The summed E-state index contributed by atoms with van der Waals surface area (Å²) in [6.45, 7) is 20.2. The average Bonchev–Trinajstić information content (AvgIpc) is 1.44. The van der Waals surface area contributed by atoms with Crippen LogP contribution in [0.2, 0.25) is 0 Å². The lowest BCUT2D eigenvalue weighted by Crippen LogP contribution is -2.60. The van der Waals surface area contributed by atoms with E-state index in [9.17, 15) is 8.22 Å². The van der Waals surface area contributed by atoms with E-state index in [1.54, 1.807) is 4.57 Å². The van der Waals surface area contributed by atoms with Crippen LogP contribution in [0.3, 0.4) is 0 Å². The smallest absolute Gasteiger partial charge is 0.252 e. The minimum Gasteiger partial charge on any atom is -0.311 e. The first-order valence-electron chi connectivity index (χ1n) is 39.6. The van der Waals surface area contributed by atoms with E-state index in [0.717, 1.165) is 148 Å². The molecule has 0 saturated carbocycles. The Morgan fingerprint density at radius 3 is 1.43 bits per heavy atom. The third-order valence-corrected chi connectivity index (χ3v) is 22.6. The number of rotatable bonds is 4. The second-order valence-corrected chi connectivity index (χ2v) is 31.5. The first-order chi connectivity index (χ1) is 52.8. The van der Waals surface area contributed by atoms with Gasteiger partial charge in [-0.15, -0.1) is 0 Å². The molecule has 0 fully saturated rings. The van der Waals surface area contributed by atoms with Crippen LogP contribution in [0.4, 0.5) is 17.1 Å². The van der Waals surface area contributed by atoms with Gasteiger partial charge in [-0.25, -0.2) is 0 Å². The summed E-state index contributed by atoms with van der Waals surface area (Å²) >= 11 is 0. The monoisotopic (exact) mass is 1320 g/mol. The zero-order chi connectivity index (χ0) is 75.5. The fraction of sp³-hybridized carbons (Fsp3) is 0.125. The van der Waals surface area contributed by atoms with Crippen molar-refractivity contribution in [3.8, 4) is 28.2 Å². The second-order valence-electron chi connectivity index (χ2n) is 31.5. The fourth-order valence-electron chi connectivity index (χ4n) is 17.7. The second kappa shape index (κ2) is 20.9. The number of hydrogen-bond acceptors (Lipinski definition) is 1. The fourth-order valence-corrected chi connectivity index (χ4v) is 17.7. The Morgan fingerprint density at radius 1 is 0.294 bits per heavy atom. The van der Waals surface area contributed by atoms with Gasteiger partial charge in [0, 0.05) is 87.8 Å². The van der Waals surface area contributed by atoms with E-state index < -0.39 is 30.9 Å². The van der Waals surface area contributed by atoms with Crippen LogP contribution >= 0.6 is 0 Å². The van der Waals surface area contributed by atoms with Crippen LogP contribution in [0, 0.1) is 0 Å². The Bertz CT molecular complexity index is 7300. The molecule has 0 spiro atoms. The van der Waals surface area contributed by atoms with Crippen molar-refractivity contribution in [1.82, 2.24) is 18.1 Å². The largest absolute Gasteiger partial charge is 0.311 e. The summed E-state index contributed by atoms with van der Waals surface area (Å²) in [5, 5.41) is 13.4. The summed E-state index contributed by atoms with van der Waals surface area (Å²) in [5.41, 5.74) is 21.3. The van der Waals surface area contributed by atoms with Crippen LogP contribution < -0.4 is 21.3 Å². The SMILES string of the molecule is [2H]c1c([2H])c([2H])c2c(c1[2H])c1c([2H])c([2H])c([2H])c([2H])c1n2-c1ccc2c(c1)N(c1ccc(-c3ccccc3)cc1)c1c3c(cc4c1c1cccc5c6ccccc6c6ccccc6c6ccccc6n4c51)-n1c4ccc(-n5c6ccc(C(C)(C)C)cc6c6cc(C(C)(C)C)ccc65)cc4c4cc(C(C)(C)C)cc(c41)B23. The summed E-state index contributed by atoms with van der Waals surface area (Å²) in [6.07, 6.45) is 0. The molecule has 7 heterocycles. The third kappa shape index (κ3) is 8.23. The lowest BCUT2D eigenvalue weighted by atomic mass is 9.33. The maximum atomic E-state index is 9.82. The van der Waals surface area contributed by atoms with Crippen LogP contribution in [0.5, 0.6) is 0 Å². The van der Waals surface area contributed by atoms with Crippen LogP contribution in [-0.2, 0) is 16.2 Å². The summed E-state index contributed by atoms with van der Waals surface area (Å²) in [6, 6.07) is 84.0. The van der Waals surface area contributed by atoms with Gasteiger partial charge in [-0.05, 0) is 179 Å². The minimum atomic E-state index is -0.490. The number of fused-ring (bicyclic) bond motifs is 24. The highest BCUT2D eigenvalue weighted by atomic mass is 15.2. The highest BCUT2D eigenvalue weighted by Gasteiger charge is 2.45. The number of anilines is 3. The summed E-state index contributed by atoms with van der Waals surface area (Å²) < 4.78 is 84.6. The van der Waals surface area contributed by atoms with E-state index in [1.807, 2.05) is 12.1 Å². The van der Waals surface area contributed by atoms with E-state index in [1.165, 1.54) is 27.5 Å². The van der Waals surface area contributed by atoms with Crippen molar-refractivity contribution in [3.63, 3.8) is 0 Å². The molecular formula is C96H74BN5. The Labute approximate surface area is 604 Å². The van der Waals surface area contributed by atoms with Gasteiger partial charge in [-0.3, -0.25) is 0 Å². The van der Waals surface area contributed by atoms with Crippen LogP contribution in [-0.4, -0.2) is 24.8 Å². The molecule has 486 valence electrons. The highest BCUT2D eigenvalue weighted by molar-refractivity contribution is 7.00. The Morgan fingerprint density at radius 2 is 0.784 bits per heavy atom. The van der Waals surface area contributed by atoms with Crippen molar-refractivity contribution in [2.24, 2.45) is 0 Å². The zero-order valence-electron chi connectivity index (χ0n) is 66.3. The van der Waals surface area contributed by atoms with Gasteiger partial charge in [0.2, 0.25) is 0 Å². The van der Waals surface area contributed by atoms with Crippen LogP contribution in [0.1, 0.15) is 90.0 Å². The first kappa shape index (κ1) is 51.3. The number of aromatic nitrogens is 4. The molecule has 19 aromatic rings. The lowest BCUT2D eigenvalue weighted by molar-refractivity contribution is 0.590. The lowest BCUT2D eigenvalue weighted by Gasteiger charge is -2.41. The predicted octanol–water partition coefficient (Wildman–Crippen LogP) is 23.7. The Hall–Kier alpha value is -11.9. The maximum absolute atomic E-state index is 9.82. The maximum Gasteiger partial charge on any atom is 0.252 e. The van der Waals surface area contributed by atoms with Crippen molar-refractivity contribution < 1.29 is 11.0 Å².